The largest absolute Gasteiger partial charge is 0.504 e. The van der Waals surface area contributed by atoms with Crippen molar-refractivity contribution in [3.05, 3.63) is 59.5 Å². The zero-order chi connectivity index (χ0) is 22.9. The number of thiophene rings is 1. The summed E-state index contributed by atoms with van der Waals surface area (Å²) in [5, 5.41) is 16.0. The normalized spacial score (nSPS) is 11.9. The van der Waals surface area contributed by atoms with Gasteiger partial charge in [0.25, 0.3) is 10.9 Å². The van der Waals surface area contributed by atoms with Gasteiger partial charge in [-0.2, -0.15) is 0 Å². The van der Waals surface area contributed by atoms with Gasteiger partial charge in [-0.1, -0.05) is 11.6 Å². The van der Waals surface area contributed by atoms with E-state index in [1.807, 2.05) is 6.92 Å². The summed E-state index contributed by atoms with van der Waals surface area (Å²) in [4.78, 5) is 26.0. The summed E-state index contributed by atoms with van der Waals surface area (Å²) in [6, 6.07) is 6.75. The van der Waals surface area contributed by atoms with Crippen LogP contribution >= 0.6 is 22.9 Å². The fraction of sp³-hybridized carbons (Fsp3) is 0.300. The first-order valence-electron chi connectivity index (χ1n) is 9.37. The second kappa shape index (κ2) is 8.99. The van der Waals surface area contributed by atoms with Crippen LogP contribution in [0.15, 0.2) is 38.8 Å². The van der Waals surface area contributed by atoms with Gasteiger partial charge in [0.2, 0.25) is 10.0 Å². The molecule has 0 aliphatic rings. The predicted molar refractivity (Wildman–Crippen MR) is 124 cm³/mol. The van der Waals surface area contributed by atoms with Gasteiger partial charge in [-0.15, -0.1) is 11.3 Å². The lowest BCUT2D eigenvalue weighted by Crippen LogP contribution is -2.36. The number of aromatic hydroxyl groups is 1. The van der Waals surface area contributed by atoms with Gasteiger partial charge in [0, 0.05) is 30.4 Å². The monoisotopic (exact) mass is 483 g/mol. The zero-order valence-electron chi connectivity index (χ0n) is 17.2. The molecule has 31 heavy (non-hydrogen) atoms. The molecule has 0 saturated carbocycles. The summed E-state index contributed by atoms with van der Waals surface area (Å²) in [5.74, 6) is -0.631. The number of phenolic OH excluding ortho intramolecular Hbond substituents is 1. The van der Waals surface area contributed by atoms with Crippen LogP contribution in [0.2, 0.25) is 5.02 Å². The van der Waals surface area contributed by atoms with E-state index in [0.29, 0.717) is 6.54 Å². The number of aryl methyl sites for hydroxylation is 2. The van der Waals surface area contributed by atoms with Gasteiger partial charge in [0.05, 0.1) is 10.7 Å². The minimum Gasteiger partial charge on any atom is -0.504 e. The van der Waals surface area contributed by atoms with E-state index in [4.69, 9.17) is 11.6 Å². The average Bonchev–Trinajstić information content (AvgIpc) is 3.12. The van der Waals surface area contributed by atoms with Gasteiger partial charge in [-0.25, -0.2) is 12.7 Å². The third kappa shape index (κ3) is 4.62. The van der Waals surface area contributed by atoms with Gasteiger partial charge in [-0.3, -0.25) is 9.59 Å². The molecule has 0 bridgehead atoms. The predicted octanol–water partition coefficient (Wildman–Crippen LogP) is 3.05. The molecular weight excluding hydrogens is 462 g/mol. The van der Waals surface area contributed by atoms with E-state index in [9.17, 15) is 23.1 Å². The van der Waals surface area contributed by atoms with Crippen LogP contribution in [0.5, 0.6) is 5.75 Å². The SMILES string of the molecule is Cc1ccc(CCCNc2c(Nc3ccc(Cl)c(S(=O)(=O)N(C)C)c3O)c(=O)c2=O)s1. The first kappa shape index (κ1) is 23.3. The van der Waals surface area contributed by atoms with Crippen molar-refractivity contribution in [1.29, 1.82) is 0 Å². The highest BCUT2D eigenvalue weighted by molar-refractivity contribution is 7.89. The van der Waals surface area contributed by atoms with Crippen LogP contribution in [0, 0.1) is 6.92 Å². The Morgan fingerprint density at radius 2 is 1.77 bits per heavy atom. The van der Waals surface area contributed by atoms with Gasteiger partial charge in [-0.05, 0) is 44.0 Å². The number of benzene rings is 1. The van der Waals surface area contributed by atoms with E-state index < -0.39 is 31.5 Å². The maximum absolute atomic E-state index is 12.5. The molecule has 0 unspecified atom stereocenters. The number of sulfonamides is 1. The van der Waals surface area contributed by atoms with Gasteiger partial charge in [0.15, 0.2) is 5.75 Å². The Balaban J connectivity index is 1.77. The van der Waals surface area contributed by atoms with Gasteiger partial charge in [0.1, 0.15) is 16.3 Å². The number of anilines is 3. The number of rotatable bonds is 9. The lowest BCUT2D eigenvalue weighted by atomic mass is 10.1. The van der Waals surface area contributed by atoms with Crippen LogP contribution in [0.3, 0.4) is 0 Å². The third-order valence-corrected chi connectivity index (χ3v) is 8.07. The average molecular weight is 484 g/mol. The fourth-order valence-corrected chi connectivity index (χ4v) is 5.40. The minimum atomic E-state index is -4.04. The summed E-state index contributed by atoms with van der Waals surface area (Å²) in [5.41, 5.74) is -1.37. The first-order chi connectivity index (χ1) is 14.5. The van der Waals surface area contributed by atoms with Crippen LogP contribution in [-0.4, -0.2) is 38.5 Å². The van der Waals surface area contributed by atoms with Crippen molar-refractivity contribution >= 4 is 50.0 Å². The maximum Gasteiger partial charge on any atom is 0.253 e. The van der Waals surface area contributed by atoms with Crippen molar-refractivity contribution in [1.82, 2.24) is 4.31 Å². The quantitative estimate of drug-likeness (QED) is 0.243. The van der Waals surface area contributed by atoms with E-state index in [2.05, 4.69) is 22.8 Å². The summed E-state index contributed by atoms with van der Waals surface area (Å²) < 4.78 is 25.9. The van der Waals surface area contributed by atoms with Crippen molar-refractivity contribution in [3.8, 4) is 5.75 Å². The van der Waals surface area contributed by atoms with E-state index >= 15 is 0 Å². The molecular formula is C20H22ClN3O5S2. The molecule has 8 nitrogen and oxygen atoms in total. The summed E-state index contributed by atoms with van der Waals surface area (Å²) in [7, 11) is -1.42. The van der Waals surface area contributed by atoms with Crippen LogP contribution in [0.1, 0.15) is 16.2 Å². The van der Waals surface area contributed by atoms with Gasteiger partial charge < -0.3 is 15.7 Å². The number of phenols is 1. The molecule has 166 valence electrons. The second-order valence-corrected chi connectivity index (χ2v) is 11.0. The highest BCUT2D eigenvalue weighted by atomic mass is 35.5. The molecule has 0 aliphatic carbocycles. The molecule has 0 aliphatic heterocycles. The van der Waals surface area contributed by atoms with E-state index in [-0.39, 0.29) is 22.1 Å². The Labute approximate surface area is 188 Å². The van der Waals surface area contributed by atoms with Crippen molar-refractivity contribution in [3.63, 3.8) is 0 Å². The van der Waals surface area contributed by atoms with Crippen LogP contribution in [0.4, 0.5) is 17.1 Å². The number of nitrogens with zero attached hydrogens (tertiary/aromatic N) is 1. The summed E-state index contributed by atoms with van der Waals surface area (Å²) in [6.07, 6.45) is 1.60. The number of halogens is 1. The fourth-order valence-electron chi connectivity index (χ4n) is 2.99. The molecule has 11 heteroatoms. The zero-order valence-corrected chi connectivity index (χ0v) is 19.5. The maximum atomic E-state index is 12.5. The number of hydrogen-bond donors (Lipinski definition) is 3. The Kier molecular flexibility index (Phi) is 6.75. The summed E-state index contributed by atoms with van der Waals surface area (Å²) >= 11 is 7.71. The van der Waals surface area contributed by atoms with E-state index in [0.717, 1.165) is 17.1 Å². The Morgan fingerprint density at radius 3 is 2.39 bits per heavy atom. The Hall–Kier alpha value is -2.40. The van der Waals surface area contributed by atoms with E-state index in [1.165, 1.54) is 36.0 Å². The molecule has 0 atom stereocenters. The van der Waals surface area contributed by atoms with Crippen LogP contribution < -0.4 is 21.5 Å². The number of hydrogen-bond acceptors (Lipinski definition) is 8. The van der Waals surface area contributed by atoms with Crippen molar-refractivity contribution in [2.45, 2.75) is 24.7 Å². The first-order valence-corrected chi connectivity index (χ1v) is 12.0. The molecule has 1 aromatic heterocycles. The Morgan fingerprint density at radius 1 is 1.10 bits per heavy atom. The minimum absolute atomic E-state index is 0.0252. The highest BCUT2D eigenvalue weighted by Gasteiger charge is 2.28. The van der Waals surface area contributed by atoms with Crippen molar-refractivity contribution in [2.75, 3.05) is 31.3 Å². The molecule has 0 radical (unpaired) electrons. The van der Waals surface area contributed by atoms with Crippen LogP contribution in [-0.2, 0) is 16.4 Å². The molecule has 0 fully saturated rings. The highest BCUT2D eigenvalue weighted by Crippen LogP contribution is 2.39. The van der Waals surface area contributed by atoms with Crippen molar-refractivity contribution in [2.24, 2.45) is 0 Å². The molecule has 2 aromatic carbocycles. The molecule has 3 N–H and O–H groups in total. The van der Waals surface area contributed by atoms with Gasteiger partial charge >= 0.3 is 0 Å². The number of nitrogens with one attached hydrogen (secondary N) is 2. The molecule has 3 rings (SSSR count). The van der Waals surface area contributed by atoms with E-state index in [1.54, 1.807) is 11.3 Å². The lowest BCUT2D eigenvalue weighted by Gasteiger charge is -2.19. The summed E-state index contributed by atoms with van der Waals surface area (Å²) in [6.45, 7) is 2.51. The standard InChI is InChI=1S/C20H22ClN3O5S2/c1-11-6-7-12(30-11)5-4-10-22-15-16(19(27)18(15)26)23-14-9-8-13(21)20(17(14)25)31(28,29)24(2)3/h6-9,22-23,25H,4-5,10H2,1-3H3. The lowest BCUT2D eigenvalue weighted by molar-refractivity contribution is 0.455. The topological polar surface area (TPSA) is 116 Å². The molecule has 3 aromatic rings. The van der Waals surface area contributed by atoms with Crippen LogP contribution in [0.25, 0.3) is 0 Å². The Bertz CT molecular complexity index is 1290. The molecule has 0 saturated heterocycles. The second-order valence-electron chi connectivity index (χ2n) is 7.14. The van der Waals surface area contributed by atoms with Crippen molar-refractivity contribution < 1.29 is 13.5 Å². The molecule has 0 spiro atoms. The third-order valence-electron chi connectivity index (χ3n) is 4.69. The molecule has 0 amide bonds. The smallest absolute Gasteiger partial charge is 0.253 e. The molecule has 1 heterocycles.